The molecule has 2 fully saturated rings. The minimum Gasteiger partial charge on any atom is -0.353 e. The van der Waals surface area contributed by atoms with Gasteiger partial charge in [-0.05, 0) is 19.8 Å². The third-order valence-corrected chi connectivity index (χ3v) is 3.70. The van der Waals surface area contributed by atoms with Crippen molar-refractivity contribution in [3.8, 4) is 0 Å². The summed E-state index contributed by atoms with van der Waals surface area (Å²) in [6.45, 7) is 3.45. The van der Waals surface area contributed by atoms with Crippen molar-refractivity contribution in [3.05, 3.63) is 0 Å². The Morgan fingerprint density at radius 3 is 2.65 bits per heavy atom. The predicted octanol–water partition coefficient (Wildman–Crippen LogP) is -0.134. The van der Waals surface area contributed by atoms with Gasteiger partial charge in [-0.25, -0.2) is 0 Å². The molecule has 2 aliphatic rings. The Morgan fingerprint density at radius 2 is 2.12 bits per heavy atom. The molecule has 2 amide bonds. The third kappa shape index (κ3) is 2.77. The van der Waals surface area contributed by atoms with Gasteiger partial charge in [-0.3, -0.25) is 14.9 Å². The van der Waals surface area contributed by atoms with Gasteiger partial charge in [0.05, 0.1) is 6.54 Å². The summed E-state index contributed by atoms with van der Waals surface area (Å²) in [5.74, 6) is 0.109. The maximum absolute atomic E-state index is 12.3. The number of likely N-dealkylation sites (N-methyl/N-ethyl adjacent to an activating group) is 1. The van der Waals surface area contributed by atoms with E-state index in [4.69, 9.17) is 0 Å². The molecule has 17 heavy (non-hydrogen) atoms. The number of carbonyl (C=O) groups is 2. The number of carbonyl (C=O) groups excluding carboxylic acids is 2. The molecule has 0 radical (unpaired) electrons. The average Bonchev–Trinajstić information content (AvgIpc) is 2.84. The monoisotopic (exact) mass is 239 g/mol. The van der Waals surface area contributed by atoms with Gasteiger partial charge in [0.2, 0.25) is 11.8 Å². The van der Waals surface area contributed by atoms with Crippen LogP contribution in [0, 0.1) is 0 Å². The number of hydrogen-bond donors (Lipinski definition) is 2. The molecule has 2 N–H and O–H groups in total. The molecule has 1 saturated carbocycles. The van der Waals surface area contributed by atoms with E-state index in [0.29, 0.717) is 12.6 Å². The molecule has 0 aromatic heterocycles. The van der Waals surface area contributed by atoms with Crippen molar-refractivity contribution >= 4 is 11.8 Å². The Balaban J connectivity index is 1.94. The second-order valence-electron chi connectivity index (χ2n) is 4.80. The Bertz CT molecular complexity index is 290. The molecule has 0 aromatic carbocycles. The van der Waals surface area contributed by atoms with Crippen LogP contribution in [-0.2, 0) is 9.59 Å². The lowest BCUT2D eigenvalue weighted by Crippen LogP contribution is -2.59. The highest BCUT2D eigenvalue weighted by Crippen LogP contribution is 2.23. The van der Waals surface area contributed by atoms with Crippen molar-refractivity contribution < 1.29 is 9.59 Å². The minimum atomic E-state index is -0.242. The number of rotatable bonds is 3. The molecule has 5 nitrogen and oxygen atoms in total. The van der Waals surface area contributed by atoms with Crippen LogP contribution in [0.5, 0.6) is 0 Å². The first-order valence-corrected chi connectivity index (χ1v) is 6.53. The van der Waals surface area contributed by atoms with E-state index in [1.807, 2.05) is 11.8 Å². The standard InChI is InChI=1S/C12H21N3O2/c1-2-15(9-5-3-4-6-9)12(17)10-7-14-11(16)8-13-10/h9-10,13H,2-8H2,1H3,(H,14,16). The fourth-order valence-corrected chi connectivity index (χ4v) is 2.75. The van der Waals surface area contributed by atoms with E-state index >= 15 is 0 Å². The van der Waals surface area contributed by atoms with Gasteiger partial charge in [-0.2, -0.15) is 0 Å². The van der Waals surface area contributed by atoms with E-state index in [2.05, 4.69) is 10.6 Å². The number of piperazine rings is 1. The molecule has 1 atom stereocenters. The van der Waals surface area contributed by atoms with Crippen molar-refractivity contribution in [2.75, 3.05) is 19.6 Å². The van der Waals surface area contributed by atoms with Crippen LogP contribution in [0.15, 0.2) is 0 Å². The van der Waals surface area contributed by atoms with Crippen LogP contribution < -0.4 is 10.6 Å². The second-order valence-corrected chi connectivity index (χ2v) is 4.80. The van der Waals surface area contributed by atoms with Crippen molar-refractivity contribution in [2.24, 2.45) is 0 Å². The highest BCUT2D eigenvalue weighted by molar-refractivity contribution is 5.87. The zero-order chi connectivity index (χ0) is 12.3. The summed E-state index contributed by atoms with van der Waals surface area (Å²) >= 11 is 0. The fraction of sp³-hybridized carbons (Fsp3) is 0.833. The van der Waals surface area contributed by atoms with Crippen LogP contribution >= 0.6 is 0 Å². The molecule has 1 saturated heterocycles. The molecular formula is C12H21N3O2. The summed E-state index contributed by atoms with van der Waals surface area (Å²) in [5.41, 5.74) is 0. The van der Waals surface area contributed by atoms with Crippen molar-refractivity contribution in [1.82, 2.24) is 15.5 Å². The van der Waals surface area contributed by atoms with E-state index < -0.39 is 0 Å². The SMILES string of the molecule is CCN(C(=O)C1CNC(=O)CN1)C1CCCC1. The van der Waals surface area contributed by atoms with Crippen LogP contribution in [0.25, 0.3) is 0 Å². The van der Waals surface area contributed by atoms with Crippen molar-refractivity contribution in [1.29, 1.82) is 0 Å². The van der Waals surface area contributed by atoms with E-state index in [9.17, 15) is 9.59 Å². The van der Waals surface area contributed by atoms with E-state index in [0.717, 1.165) is 19.4 Å². The lowest BCUT2D eigenvalue weighted by molar-refractivity contribution is -0.136. The number of nitrogens with zero attached hydrogens (tertiary/aromatic N) is 1. The molecule has 96 valence electrons. The molecule has 0 bridgehead atoms. The summed E-state index contributed by atoms with van der Waals surface area (Å²) in [4.78, 5) is 25.3. The predicted molar refractivity (Wildman–Crippen MR) is 64.4 cm³/mol. The van der Waals surface area contributed by atoms with Crippen LogP contribution in [0.4, 0.5) is 0 Å². The Morgan fingerprint density at radius 1 is 1.41 bits per heavy atom. The second kappa shape index (κ2) is 5.49. The Labute approximate surface area is 102 Å². The summed E-state index contributed by atoms with van der Waals surface area (Å²) in [7, 11) is 0. The zero-order valence-corrected chi connectivity index (χ0v) is 10.4. The van der Waals surface area contributed by atoms with Gasteiger partial charge in [-0.15, -0.1) is 0 Å². The normalized spacial score (nSPS) is 25.7. The van der Waals surface area contributed by atoms with Gasteiger partial charge in [0, 0.05) is 19.1 Å². The molecule has 1 heterocycles. The fourth-order valence-electron chi connectivity index (χ4n) is 2.75. The Kier molecular flexibility index (Phi) is 3.99. The molecule has 0 aromatic rings. The molecular weight excluding hydrogens is 218 g/mol. The first-order chi connectivity index (χ1) is 8.22. The van der Waals surface area contributed by atoms with Crippen LogP contribution in [0.1, 0.15) is 32.6 Å². The summed E-state index contributed by atoms with van der Waals surface area (Å²) in [6, 6.07) is 0.167. The van der Waals surface area contributed by atoms with Crippen molar-refractivity contribution in [2.45, 2.75) is 44.7 Å². The summed E-state index contributed by atoms with van der Waals surface area (Å²) in [5, 5.41) is 5.74. The van der Waals surface area contributed by atoms with Crippen molar-refractivity contribution in [3.63, 3.8) is 0 Å². The van der Waals surface area contributed by atoms with Gasteiger partial charge in [0.25, 0.3) is 0 Å². The molecule has 5 heteroatoms. The number of nitrogens with one attached hydrogen (secondary N) is 2. The summed E-state index contributed by atoms with van der Waals surface area (Å²) < 4.78 is 0. The Hall–Kier alpha value is -1.10. The topological polar surface area (TPSA) is 61.4 Å². The molecule has 1 unspecified atom stereocenters. The maximum Gasteiger partial charge on any atom is 0.241 e. The van der Waals surface area contributed by atoms with Gasteiger partial charge in [-0.1, -0.05) is 12.8 Å². The molecule has 0 spiro atoms. The first-order valence-electron chi connectivity index (χ1n) is 6.53. The minimum absolute atomic E-state index is 0.0297. The molecule has 2 rings (SSSR count). The lowest BCUT2D eigenvalue weighted by atomic mass is 10.1. The highest BCUT2D eigenvalue weighted by atomic mass is 16.2. The largest absolute Gasteiger partial charge is 0.353 e. The summed E-state index contributed by atoms with van der Waals surface area (Å²) in [6.07, 6.45) is 4.70. The number of hydrogen-bond acceptors (Lipinski definition) is 3. The van der Waals surface area contributed by atoms with Gasteiger partial charge < -0.3 is 10.2 Å². The third-order valence-electron chi connectivity index (χ3n) is 3.70. The van der Waals surface area contributed by atoms with E-state index in [1.54, 1.807) is 0 Å². The van der Waals surface area contributed by atoms with Crippen LogP contribution in [-0.4, -0.2) is 48.4 Å². The maximum atomic E-state index is 12.3. The van der Waals surface area contributed by atoms with Crippen LogP contribution in [0.2, 0.25) is 0 Å². The highest BCUT2D eigenvalue weighted by Gasteiger charge is 2.32. The average molecular weight is 239 g/mol. The first kappa shape index (κ1) is 12.4. The van der Waals surface area contributed by atoms with E-state index in [-0.39, 0.29) is 24.4 Å². The zero-order valence-electron chi connectivity index (χ0n) is 10.4. The molecule has 1 aliphatic carbocycles. The van der Waals surface area contributed by atoms with Crippen LogP contribution in [0.3, 0.4) is 0 Å². The van der Waals surface area contributed by atoms with Gasteiger partial charge >= 0.3 is 0 Å². The quantitative estimate of drug-likeness (QED) is 0.721. The molecule has 1 aliphatic heterocycles. The van der Waals surface area contributed by atoms with E-state index in [1.165, 1.54) is 12.8 Å². The van der Waals surface area contributed by atoms with Gasteiger partial charge in [0.15, 0.2) is 0 Å². The number of amides is 2. The van der Waals surface area contributed by atoms with Gasteiger partial charge in [0.1, 0.15) is 6.04 Å². The lowest BCUT2D eigenvalue weighted by Gasteiger charge is -2.33. The smallest absolute Gasteiger partial charge is 0.241 e.